The van der Waals surface area contributed by atoms with Gasteiger partial charge in [0.05, 0.1) is 11.7 Å². The third-order valence-electron chi connectivity index (χ3n) is 3.75. The zero-order valence-electron chi connectivity index (χ0n) is 12.1. The molecule has 0 amide bonds. The lowest BCUT2D eigenvalue weighted by atomic mass is 10.1. The third-order valence-corrected chi connectivity index (χ3v) is 5.32. The average Bonchev–Trinajstić information content (AvgIpc) is 2.84. The van der Waals surface area contributed by atoms with Gasteiger partial charge < -0.3 is 10.1 Å². The van der Waals surface area contributed by atoms with E-state index < -0.39 is 11.7 Å². The highest BCUT2D eigenvalue weighted by Crippen LogP contribution is 2.33. The Morgan fingerprint density at radius 3 is 2.76 bits per heavy atom. The first kappa shape index (κ1) is 16.6. The molecule has 0 spiro atoms. The van der Waals surface area contributed by atoms with E-state index in [1.807, 2.05) is 6.92 Å². The summed E-state index contributed by atoms with van der Waals surface area (Å²) in [5, 5.41) is 3.53. The van der Waals surface area contributed by atoms with Gasteiger partial charge in [0.2, 0.25) is 0 Å². The largest absolute Gasteiger partial charge is 0.416 e. The standard InChI is InChI=1S/C15H20F3NOS/c1-10-14(6-7-20-10)21-9-13(19-2)11-4-3-5-12(8-11)15(16,17)18/h3-5,8,10,13-14,19H,6-7,9H2,1-2H3. The summed E-state index contributed by atoms with van der Waals surface area (Å²) in [6.45, 7) is 2.82. The zero-order chi connectivity index (χ0) is 15.5. The Bertz CT molecular complexity index is 466. The van der Waals surface area contributed by atoms with Crippen LogP contribution in [-0.2, 0) is 10.9 Å². The Kier molecular flexibility index (Phi) is 5.57. The lowest BCUT2D eigenvalue weighted by Crippen LogP contribution is -2.22. The summed E-state index contributed by atoms with van der Waals surface area (Å²) in [5.41, 5.74) is 0.0780. The maximum Gasteiger partial charge on any atom is 0.416 e. The topological polar surface area (TPSA) is 21.3 Å². The summed E-state index contributed by atoms with van der Waals surface area (Å²) in [6.07, 6.45) is -3.07. The van der Waals surface area contributed by atoms with Gasteiger partial charge in [-0.1, -0.05) is 12.1 Å². The lowest BCUT2D eigenvalue weighted by Gasteiger charge is -2.21. The van der Waals surface area contributed by atoms with Gasteiger partial charge in [-0.3, -0.25) is 0 Å². The molecule has 1 heterocycles. The van der Waals surface area contributed by atoms with Crippen molar-refractivity contribution in [2.45, 2.75) is 36.9 Å². The van der Waals surface area contributed by atoms with Crippen LogP contribution in [0.5, 0.6) is 0 Å². The molecule has 0 saturated carbocycles. The number of hydrogen-bond acceptors (Lipinski definition) is 3. The molecule has 21 heavy (non-hydrogen) atoms. The number of rotatable bonds is 5. The van der Waals surface area contributed by atoms with Gasteiger partial charge in [0.15, 0.2) is 0 Å². The Balaban J connectivity index is 2.03. The van der Waals surface area contributed by atoms with Gasteiger partial charge >= 0.3 is 6.18 Å². The molecule has 0 aromatic heterocycles. The maximum atomic E-state index is 12.8. The van der Waals surface area contributed by atoms with Crippen LogP contribution in [0, 0.1) is 0 Å². The second-order valence-corrected chi connectivity index (χ2v) is 6.47. The van der Waals surface area contributed by atoms with Crippen molar-refractivity contribution in [3.8, 4) is 0 Å². The lowest BCUT2D eigenvalue weighted by molar-refractivity contribution is -0.137. The van der Waals surface area contributed by atoms with E-state index >= 15 is 0 Å². The summed E-state index contributed by atoms with van der Waals surface area (Å²) in [4.78, 5) is 0. The molecular formula is C15H20F3NOS. The summed E-state index contributed by atoms with van der Waals surface area (Å²) in [5.74, 6) is 0.732. The first-order valence-corrected chi connectivity index (χ1v) is 8.04. The molecule has 2 nitrogen and oxygen atoms in total. The van der Waals surface area contributed by atoms with Crippen molar-refractivity contribution in [3.05, 3.63) is 35.4 Å². The highest BCUT2D eigenvalue weighted by molar-refractivity contribution is 8.00. The number of thioether (sulfide) groups is 1. The van der Waals surface area contributed by atoms with Crippen LogP contribution in [0.25, 0.3) is 0 Å². The van der Waals surface area contributed by atoms with Crippen molar-refractivity contribution in [2.75, 3.05) is 19.4 Å². The molecule has 6 heteroatoms. The Morgan fingerprint density at radius 2 is 2.19 bits per heavy atom. The van der Waals surface area contributed by atoms with E-state index in [9.17, 15) is 13.2 Å². The van der Waals surface area contributed by atoms with Gasteiger partial charge in [0, 0.05) is 23.7 Å². The van der Waals surface area contributed by atoms with Gasteiger partial charge in [-0.15, -0.1) is 0 Å². The van der Waals surface area contributed by atoms with Crippen LogP contribution in [0.1, 0.15) is 30.5 Å². The normalized spacial score (nSPS) is 24.2. The number of hydrogen-bond donors (Lipinski definition) is 1. The molecule has 1 fully saturated rings. The van der Waals surface area contributed by atoms with Gasteiger partial charge in [0.1, 0.15) is 0 Å². The fourth-order valence-corrected chi connectivity index (χ4v) is 3.84. The van der Waals surface area contributed by atoms with E-state index in [1.54, 1.807) is 24.9 Å². The van der Waals surface area contributed by atoms with Crippen LogP contribution in [-0.4, -0.2) is 30.8 Å². The van der Waals surface area contributed by atoms with Crippen molar-refractivity contribution in [1.82, 2.24) is 5.32 Å². The van der Waals surface area contributed by atoms with Crippen molar-refractivity contribution in [2.24, 2.45) is 0 Å². The van der Waals surface area contributed by atoms with Crippen LogP contribution in [0.4, 0.5) is 13.2 Å². The molecule has 3 atom stereocenters. The smallest absolute Gasteiger partial charge is 0.377 e. The second kappa shape index (κ2) is 7.03. The predicted molar refractivity (Wildman–Crippen MR) is 79.5 cm³/mol. The highest BCUT2D eigenvalue weighted by Gasteiger charge is 2.31. The third kappa shape index (κ3) is 4.37. The summed E-state index contributed by atoms with van der Waals surface area (Å²) in [7, 11) is 1.78. The molecule has 0 bridgehead atoms. The average molecular weight is 319 g/mol. The molecule has 3 unspecified atom stereocenters. The molecule has 1 saturated heterocycles. The summed E-state index contributed by atoms with van der Waals surface area (Å²) < 4.78 is 43.8. The Labute approximate surface area is 127 Å². The van der Waals surface area contributed by atoms with Crippen molar-refractivity contribution < 1.29 is 17.9 Å². The minimum absolute atomic E-state index is 0.0925. The van der Waals surface area contributed by atoms with Gasteiger partial charge in [-0.2, -0.15) is 24.9 Å². The minimum atomic E-state index is -4.30. The number of ether oxygens (including phenoxy) is 1. The van der Waals surface area contributed by atoms with E-state index in [0.717, 1.165) is 24.8 Å². The van der Waals surface area contributed by atoms with Crippen LogP contribution < -0.4 is 5.32 Å². The van der Waals surface area contributed by atoms with Gasteiger partial charge in [0.25, 0.3) is 0 Å². The summed E-state index contributed by atoms with van der Waals surface area (Å²) in [6, 6.07) is 5.46. The number of alkyl halides is 3. The predicted octanol–water partition coefficient (Wildman–Crippen LogP) is 3.88. The van der Waals surface area contributed by atoms with E-state index in [2.05, 4.69) is 5.32 Å². The molecular weight excluding hydrogens is 299 g/mol. The van der Waals surface area contributed by atoms with Crippen LogP contribution in [0.2, 0.25) is 0 Å². The first-order chi connectivity index (χ1) is 9.91. The Hall–Kier alpha value is -0.720. The molecule has 1 aromatic rings. The number of benzene rings is 1. The molecule has 0 aliphatic carbocycles. The minimum Gasteiger partial charge on any atom is -0.377 e. The van der Waals surface area contributed by atoms with Gasteiger partial charge in [-0.05, 0) is 38.1 Å². The van der Waals surface area contributed by atoms with E-state index in [-0.39, 0.29) is 12.1 Å². The quantitative estimate of drug-likeness (QED) is 0.890. The SMILES string of the molecule is CNC(CSC1CCOC1C)c1cccc(C(F)(F)F)c1. The molecule has 1 aromatic carbocycles. The van der Waals surface area contributed by atoms with E-state index in [1.165, 1.54) is 12.1 Å². The summed E-state index contributed by atoms with van der Waals surface area (Å²) >= 11 is 1.76. The van der Waals surface area contributed by atoms with E-state index in [0.29, 0.717) is 10.8 Å². The van der Waals surface area contributed by atoms with Gasteiger partial charge in [-0.25, -0.2) is 0 Å². The van der Waals surface area contributed by atoms with Crippen LogP contribution in [0.3, 0.4) is 0 Å². The maximum absolute atomic E-state index is 12.8. The van der Waals surface area contributed by atoms with Crippen LogP contribution >= 0.6 is 11.8 Å². The zero-order valence-corrected chi connectivity index (χ0v) is 12.9. The molecule has 1 N–H and O–H groups in total. The van der Waals surface area contributed by atoms with Crippen molar-refractivity contribution in [3.63, 3.8) is 0 Å². The number of halogens is 3. The molecule has 118 valence electrons. The molecule has 2 rings (SSSR count). The highest BCUT2D eigenvalue weighted by atomic mass is 32.2. The fraction of sp³-hybridized carbons (Fsp3) is 0.600. The van der Waals surface area contributed by atoms with Crippen LogP contribution in [0.15, 0.2) is 24.3 Å². The second-order valence-electron chi connectivity index (χ2n) is 5.20. The van der Waals surface area contributed by atoms with E-state index in [4.69, 9.17) is 4.74 Å². The Morgan fingerprint density at radius 1 is 1.43 bits per heavy atom. The fourth-order valence-electron chi connectivity index (χ4n) is 2.43. The molecule has 1 aliphatic heterocycles. The molecule has 0 radical (unpaired) electrons. The monoisotopic (exact) mass is 319 g/mol. The van der Waals surface area contributed by atoms with Crippen molar-refractivity contribution in [1.29, 1.82) is 0 Å². The first-order valence-electron chi connectivity index (χ1n) is 6.99. The molecule has 1 aliphatic rings. The van der Waals surface area contributed by atoms with Crippen molar-refractivity contribution >= 4 is 11.8 Å². The number of nitrogens with one attached hydrogen (secondary N) is 1.